The summed E-state index contributed by atoms with van der Waals surface area (Å²) in [7, 11) is 0. The fourth-order valence-electron chi connectivity index (χ4n) is 0. The third-order valence-corrected chi connectivity index (χ3v) is 0. The Bertz CT molecular complexity index is 29.9. The molecule has 0 bridgehead atoms. The van der Waals surface area contributed by atoms with Gasteiger partial charge >= 0.3 is 0 Å². The highest BCUT2D eigenvalue weighted by atomic mass is 32.2. The van der Waals surface area contributed by atoms with Gasteiger partial charge in [0, 0.05) is 0 Å². The van der Waals surface area contributed by atoms with E-state index >= 15 is 0 Å². The average molecular weight is 115 g/mol. The minimum absolute atomic E-state index is 0. The minimum atomic E-state index is -2.86. The monoisotopic (exact) mass is 115 g/mol. The Morgan fingerprint density at radius 2 is 1.80 bits per heavy atom. The largest absolute Gasteiger partial charge is 0.750 e. The van der Waals surface area contributed by atoms with Crippen molar-refractivity contribution in [3.63, 3.8) is 0 Å². The summed E-state index contributed by atoms with van der Waals surface area (Å²) in [6.45, 7) is 0. The molecule has 0 amide bonds. The molecule has 0 spiro atoms. The van der Waals surface area contributed by atoms with Crippen molar-refractivity contribution in [3.05, 3.63) is 0 Å². The molecule has 0 radical (unpaired) electrons. The van der Waals surface area contributed by atoms with Crippen LogP contribution in [0, 0.1) is 0 Å². The topological polar surface area (TPSA) is 60.4 Å². The van der Waals surface area contributed by atoms with Gasteiger partial charge in [0.1, 0.15) is 0 Å². The first kappa shape index (κ1) is 9.09. The van der Waals surface area contributed by atoms with Gasteiger partial charge in [-0.15, -0.1) is 0 Å². The highest BCUT2D eigenvalue weighted by Crippen LogP contribution is 1.43. The van der Waals surface area contributed by atoms with Gasteiger partial charge < -0.3 is 9.11 Å². The van der Waals surface area contributed by atoms with Gasteiger partial charge in [-0.3, -0.25) is 0 Å². The summed E-state index contributed by atoms with van der Waals surface area (Å²) in [5, 5.41) is 0. The maximum atomic E-state index is 8.56. The van der Waals surface area contributed by atoms with Crippen molar-refractivity contribution in [1.29, 1.82) is 0 Å². The van der Waals surface area contributed by atoms with E-state index in [0.717, 1.165) is 0 Å². The Kier molecular flexibility index (Phi) is 8.18. The Morgan fingerprint density at radius 3 is 1.80 bits per heavy atom. The van der Waals surface area contributed by atoms with E-state index in [4.69, 9.17) is 13.3 Å². The van der Waals surface area contributed by atoms with Crippen LogP contribution in [-0.2, 0) is 11.4 Å². The molecule has 0 aliphatic carbocycles. The fraction of sp³-hybridized carbons (Fsp3) is 0. The second-order valence-electron chi connectivity index (χ2n) is 0.217. The van der Waals surface area contributed by atoms with E-state index in [0.29, 0.717) is 0 Å². The highest BCUT2D eigenvalue weighted by Gasteiger charge is 1.42. The molecular formula is H4O3PS-. The molecule has 5 heteroatoms. The minimum Gasteiger partial charge on any atom is -0.750 e. The summed E-state index contributed by atoms with van der Waals surface area (Å²) in [5.41, 5.74) is 0. The van der Waals surface area contributed by atoms with E-state index in [2.05, 4.69) is 0 Å². The summed E-state index contributed by atoms with van der Waals surface area (Å²) in [5.74, 6) is 0. The molecular weight excluding hydrogens is 111 g/mol. The molecule has 1 N–H and O–H groups in total. The van der Waals surface area contributed by atoms with Crippen LogP contribution >= 0.6 is 9.90 Å². The first-order valence-corrected chi connectivity index (χ1v) is 1.55. The van der Waals surface area contributed by atoms with Gasteiger partial charge in [0.25, 0.3) is 0 Å². The van der Waals surface area contributed by atoms with Gasteiger partial charge in [-0.25, -0.2) is 4.21 Å². The summed E-state index contributed by atoms with van der Waals surface area (Å²) < 4.78 is 24.1. The van der Waals surface area contributed by atoms with Crippen molar-refractivity contribution in [2.75, 3.05) is 0 Å². The van der Waals surface area contributed by atoms with Crippen molar-refractivity contribution in [3.8, 4) is 0 Å². The van der Waals surface area contributed by atoms with Crippen molar-refractivity contribution in [1.82, 2.24) is 0 Å². The Hall–Kier alpha value is 0.500. The normalized spacial score (nSPS) is 12.4. The standard InChI is InChI=1S/H2O3S.H3P/c1-4(2)3;/h(H2,1,2,3);1H3/p-1. The van der Waals surface area contributed by atoms with Crippen LogP contribution in [0.15, 0.2) is 0 Å². The van der Waals surface area contributed by atoms with Gasteiger partial charge in [-0.1, -0.05) is 0 Å². The highest BCUT2D eigenvalue weighted by molar-refractivity contribution is 7.73. The smallest absolute Gasteiger partial charge is 0.0814 e. The maximum Gasteiger partial charge on any atom is 0.0814 e. The number of rotatable bonds is 0. The quantitative estimate of drug-likeness (QED) is 0.338. The predicted octanol–water partition coefficient (Wildman–Crippen LogP) is -0.603. The summed E-state index contributed by atoms with van der Waals surface area (Å²) >= 11 is -2.86. The SMILES string of the molecule is O=S([O-])O.P. The zero-order chi connectivity index (χ0) is 3.58. The lowest BCUT2D eigenvalue weighted by atomic mass is 15.8. The zero-order valence-electron chi connectivity index (χ0n) is 2.38. The molecule has 5 heavy (non-hydrogen) atoms. The van der Waals surface area contributed by atoms with Gasteiger partial charge in [-0.2, -0.15) is 9.90 Å². The van der Waals surface area contributed by atoms with Crippen LogP contribution in [0.3, 0.4) is 0 Å². The van der Waals surface area contributed by atoms with E-state index in [1.165, 1.54) is 0 Å². The van der Waals surface area contributed by atoms with Gasteiger partial charge in [0.2, 0.25) is 0 Å². The average Bonchev–Trinajstić information content (AvgIpc) is 0.811. The molecule has 0 aromatic rings. The summed E-state index contributed by atoms with van der Waals surface area (Å²) in [6, 6.07) is 0. The first-order chi connectivity index (χ1) is 1.73. The number of hydrogen-bond acceptors (Lipinski definition) is 2. The predicted molar refractivity (Wildman–Crippen MR) is 22.7 cm³/mol. The molecule has 2 unspecified atom stereocenters. The summed E-state index contributed by atoms with van der Waals surface area (Å²) in [4.78, 5) is 0. The molecule has 34 valence electrons. The third-order valence-electron chi connectivity index (χ3n) is 0. The second kappa shape index (κ2) is 4.50. The molecule has 0 aliphatic heterocycles. The van der Waals surface area contributed by atoms with E-state index < -0.39 is 11.4 Å². The molecule has 0 saturated heterocycles. The van der Waals surface area contributed by atoms with Crippen LogP contribution < -0.4 is 0 Å². The first-order valence-electron chi connectivity index (χ1n) is 0.516. The van der Waals surface area contributed by atoms with Crippen molar-refractivity contribution in [2.24, 2.45) is 0 Å². The van der Waals surface area contributed by atoms with E-state index in [1.807, 2.05) is 0 Å². The van der Waals surface area contributed by atoms with Crippen LogP contribution in [0.25, 0.3) is 0 Å². The molecule has 0 fully saturated rings. The van der Waals surface area contributed by atoms with Crippen molar-refractivity contribution >= 4 is 21.3 Å². The Morgan fingerprint density at radius 1 is 1.80 bits per heavy atom. The molecule has 0 aliphatic rings. The van der Waals surface area contributed by atoms with Crippen LogP contribution in [0.4, 0.5) is 0 Å². The second-order valence-corrected chi connectivity index (χ2v) is 0.651. The molecule has 2 atom stereocenters. The lowest BCUT2D eigenvalue weighted by molar-refractivity contribution is 0.436. The Balaban J connectivity index is 0. The van der Waals surface area contributed by atoms with Crippen LogP contribution in [-0.4, -0.2) is 13.3 Å². The van der Waals surface area contributed by atoms with E-state index in [9.17, 15) is 0 Å². The number of hydrogen-bond donors (Lipinski definition) is 1. The molecule has 3 nitrogen and oxygen atoms in total. The van der Waals surface area contributed by atoms with Crippen LogP contribution in [0.5, 0.6) is 0 Å². The molecule has 0 saturated carbocycles. The van der Waals surface area contributed by atoms with Gasteiger partial charge in [0.05, 0.1) is 11.4 Å². The molecule has 0 aromatic heterocycles. The van der Waals surface area contributed by atoms with Gasteiger partial charge in [0.15, 0.2) is 0 Å². The lowest BCUT2D eigenvalue weighted by Crippen LogP contribution is -1.75. The molecule has 0 rings (SSSR count). The fourth-order valence-corrected chi connectivity index (χ4v) is 0. The van der Waals surface area contributed by atoms with E-state index in [-0.39, 0.29) is 9.90 Å². The van der Waals surface area contributed by atoms with Crippen molar-refractivity contribution in [2.45, 2.75) is 0 Å². The Labute approximate surface area is 35.5 Å². The van der Waals surface area contributed by atoms with Gasteiger partial charge in [-0.05, 0) is 0 Å². The molecule has 0 aromatic carbocycles. The summed E-state index contributed by atoms with van der Waals surface area (Å²) in [6.07, 6.45) is 0. The third kappa shape index (κ3) is 113. The van der Waals surface area contributed by atoms with Crippen LogP contribution in [0.1, 0.15) is 0 Å². The zero-order valence-corrected chi connectivity index (χ0v) is 4.61. The molecule has 0 heterocycles. The van der Waals surface area contributed by atoms with Crippen LogP contribution in [0.2, 0.25) is 0 Å². The van der Waals surface area contributed by atoms with Crippen molar-refractivity contribution < 1.29 is 13.3 Å². The maximum absolute atomic E-state index is 8.56. The van der Waals surface area contributed by atoms with E-state index in [1.54, 1.807) is 0 Å². The lowest BCUT2D eigenvalue weighted by Gasteiger charge is -1.83.